The molecule has 0 aromatic rings. The molecule has 0 amide bonds. The molecule has 0 saturated heterocycles. The summed E-state index contributed by atoms with van der Waals surface area (Å²) < 4.78 is 25.4. The van der Waals surface area contributed by atoms with Gasteiger partial charge in [-0.15, -0.1) is 11.6 Å². The standard InChI is InChI=1S/C9H18ClNO2S/c1-8(2)11(7-3-6-10)14(12,13)9-4-5-9/h8-9H,3-7H2,1-2H3. The van der Waals surface area contributed by atoms with E-state index in [1.807, 2.05) is 13.8 Å². The highest BCUT2D eigenvalue weighted by atomic mass is 35.5. The van der Waals surface area contributed by atoms with Crippen molar-refractivity contribution >= 4 is 21.6 Å². The Hall–Kier alpha value is 0.200. The third-order valence-electron chi connectivity index (χ3n) is 2.36. The number of alkyl halides is 1. The van der Waals surface area contributed by atoms with Crippen LogP contribution in [0.15, 0.2) is 0 Å². The Labute approximate surface area is 91.5 Å². The lowest BCUT2D eigenvalue weighted by Gasteiger charge is -2.25. The second-order valence-electron chi connectivity index (χ2n) is 3.99. The molecule has 0 bridgehead atoms. The van der Waals surface area contributed by atoms with Crippen molar-refractivity contribution < 1.29 is 8.42 Å². The van der Waals surface area contributed by atoms with Gasteiger partial charge in [-0.25, -0.2) is 8.42 Å². The van der Waals surface area contributed by atoms with Gasteiger partial charge in [0.25, 0.3) is 0 Å². The van der Waals surface area contributed by atoms with Gasteiger partial charge in [-0.2, -0.15) is 4.31 Å². The van der Waals surface area contributed by atoms with Gasteiger partial charge in [0, 0.05) is 18.5 Å². The minimum atomic E-state index is -3.02. The highest BCUT2D eigenvalue weighted by Gasteiger charge is 2.40. The van der Waals surface area contributed by atoms with Gasteiger partial charge in [0.05, 0.1) is 5.25 Å². The molecule has 0 unspecified atom stereocenters. The summed E-state index contributed by atoms with van der Waals surface area (Å²) in [5, 5.41) is -0.111. The predicted molar refractivity (Wildman–Crippen MR) is 59.1 cm³/mol. The summed E-state index contributed by atoms with van der Waals surface area (Å²) in [6.07, 6.45) is 2.38. The van der Waals surface area contributed by atoms with Crippen molar-refractivity contribution in [2.75, 3.05) is 12.4 Å². The smallest absolute Gasteiger partial charge is 0.212 e. The molecule has 0 N–H and O–H groups in total. The second-order valence-corrected chi connectivity index (χ2v) is 6.53. The van der Waals surface area contributed by atoms with Crippen molar-refractivity contribution in [3.8, 4) is 0 Å². The first-order chi connectivity index (χ1) is 6.50. The molecule has 0 heterocycles. The lowest BCUT2D eigenvalue weighted by atomic mass is 10.4. The summed E-state index contributed by atoms with van der Waals surface area (Å²) in [4.78, 5) is 0. The van der Waals surface area contributed by atoms with Crippen LogP contribution in [0, 0.1) is 0 Å². The van der Waals surface area contributed by atoms with Crippen molar-refractivity contribution in [3.63, 3.8) is 0 Å². The highest BCUT2D eigenvalue weighted by molar-refractivity contribution is 7.90. The maximum absolute atomic E-state index is 11.9. The van der Waals surface area contributed by atoms with E-state index in [1.54, 1.807) is 4.31 Å². The van der Waals surface area contributed by atoms with Crippen molar-refractivity contribution in [1.82, 2.24) is 4.31 Å². The van der Waals surface area contributed by atoms with E-state index in [2.05, 4.69) is 0 Å². The van der Waals surface area contributed by atoms with E-state index in [1.165, 1.54) is 0 Å². The quantitative estimate of drug-likeness (QED) is 0.663. The van der Waals surface area contributed by atoms with Crippen LogP contribution >= 0.6 is 11.6 Å². The van der Waals surface area contributed by atoms with Crippen molar-refractivity contribution in [3.05, 3.63) is 0 Å². The van der Waals surface area contributed by atoms with E-state index in [-0.39, 0.29) is 11.3 Å². The minimum absolute atomic E-state index is 0.0452. The molecule has 14 heavy (non-hydrogen) atoms. The molecule has 0 spiro atoms. The second kappa shape index (κ2) is 4.81. The number of rotatable bonds is 6. The number of halogens is 1. The Morgan fingerprint density at radius 3 is 2.36 bits per heavy atom. The van der Waals surface area contributed by atoms with E-state index in [0.717, 1.165) is 19.3 Å². The molecule has 1 rings (SSSR count). The average Bonchev–Trinajstić information content (AvgIpc) is 2.85. The molecule has 0 atom stereocenters. The van der Waals surface area contributed by atoms with E-state index in [0.29, 0.717) is 12.4 Å². The lowest BCUT2D eigenvalue weighted by molar-refractivity contribution is 0.354. The van der Waals surface area contributed by atoms with Gasteiger partial charge in [0.2, 0.25) is 10.0 Å². The maximum atomic E-state index is 11.9. The number of nitrogens with zero attached hydrogens (tertiary/aromatic N) is 1. The van der Waals surface area contributed by atoms with E-state index in [9.17, 15) is 8.42 Å². The average molecular weight is 240 g/mol. The van der Waals surface area contributed by atoms with Crippen molar-refractivity contribution in [1.29, 1.82) is 0 Å². The van der Waals surface area contributed by atoms with Gasteiger partial charge in [0.15, 0.2) is 0 Å². The first-order valence-corrected chi connectivity index (χ1v) is 7.10. The molecule has 1 aliphatic rings. The maximum Gasteiger partial charge on any atom is 0.217 e. The van der Waals surface area contributed by atoms with E-state index < -0.39 is 10.0 Å². The highest BCUT2D eigenvalue weighted by Crippen LogP contribution is 2.31. The summed E-state index contributed by atoms with van der Waals surface area (Å²) in [5.41, 5.74) is 0. The summed E-state index contributed by atoms with van der Waals surface area (Å²) in [6, 6.07) is 0.0452. The monoisotopic (exact) mass is 239 g/mol. The van der Waals surface area contributed by atoms with Crippen LogP contribution in [0.3, 0.4) is 0 Å². The van der Waals surface area contributed by atoms with Gasteiger partial charge < -0.3 is 0 Å². The first-order valence-electron chi connectivity index (χ1n) is 5.06. The third-order valence-corrected chi connectivity index (χ3v) is 5.20. The first kappa shape index (κ1) is 12.3. The Balaban J connectivity index is 2.66. The molecular weight excluding hydrogens is 222 g/mol. The molecule has 0 aromatic carbocycles. The summed E-state index contributed by atoms with van der Waals surface area (Å²) in [7, 11) is -3.02. The van der Waals surface area contributed by atoms with Crippen molar-refractivity contribution in [2.45, 2.75) is 44.4 Å². The Kier molecular flexibility index (Phi) is 4.22. The zero-order valence-corrected chi connectivity index (χ0v) is 10.3. The minimum Gasteiger partial charge on any atom is -0.212 e. The van der Waals surface area contributed by atoms with Gasteiger partial charge in [0.1, 0.15) is 0 Å². The summed E-state index contributed by atoms with van der Waals surface area (Å²) in [5.74, 6) is 0.517. The van der Waals surface area contributed by atoms with Crippen molar-refractivity contribution in [2.24, 2.45) is 0 Å². The summed E-state index contributed by atoms with van der Waals surface area (Å²) in [6.45, 7) is 4.38. The predicted octanol–water partition coefficient (Wildman–Crippen LogP) is 1.82. The third kappa shape index (κ3) is 2.84. The Morgan fingerprint density at radius 2 is 2.00 bits per heavy atom. The topological polar surface area (TPSA) is 37.4 Å². The van der Waals surface area contributed by atoms with Gasteiger partial charge in [-0.1, -0.05) is 0 Å². The molecule has 0 aromatic heterocycles. The zero-order valence-electron chi connectivity index (χ0n) is 8.74. The molecule has 5 heteroatoms. The number of sulfonamides is 1. The molecule has 1 saturated carbocycles. The van der Waals surface area contributed by atoms with Crippen LogP contribution in [0.2, 0.25) is 0 Å². The molecule has 84 valence electrons. The van der Waals surface area contributed by atoms with Gasteiger partial charge >= 0.3 is 0 Å². The largest absolute Gasteiger partial charge is 0.217 e. The van der Waals surface area contributed by atoms with Crippen LogP contribution in [0.25, 0.3) is 0 Å². The summed E-state index contributed by atoms with van der Waals surface area (Å²) >= 11 is 5.57. The van der Waals surface area contributed by atoms with Crippen LogP contribution in [0.5, 0.6) is 0 Å². The fourth-order valence-corrected chi connectivity index (χ4v) is 3.66. The molecular formula is C9H18ClNO2S. The molecule has 0 aliphatic heterocycles. The zero-order chi connectivity index (χ0) is 10.8. The molecule has 3 nitrogen and oxygen atoms in total. The number of hydrogen-bond donors (Lipinski definition) is 0. The van der Waals surface area contributed by atoms with Crippen LogP contribution in [-0.2, 0) is 10.0 Å². The SMILES string of the molecule is CC(C)N(CCCCl)S(=O)(=O)C1CC1. The van der Waals surface area contributed by atoms with Crippen LogP contribution in [0.1, 0.15) is 33.1 Å². The fraction of sp³-hybridized carbons (Fsp3) is 1.00. The number of hydrogen-bond acceptors (Lipinski definition) is 2. The van der Waals surface area contributed by atoms with Crippen LogP contribution in [-0.4, -0.2) is 36.4 Å². The van der Waals surface area contributed by atoms with Gasteiger partial charge in [-0.05, 0) is 33.1 Å². The normalized spacial score (nSPS) is 18.1. The lowest BCUT2D eigenvalue weighted by Crippen LogP contribution is -2.39. The fourth-order valence-electron chi connectivity index (χ4n) is 1.45. The Bertz CT molecular complexity index is 273. The van der Waals surface area contributed by atoms with Crippen LogP contribution in [0.4, 0.5) is 0 Å². The molecule has 1 fully saturated rings. The van der Waals surface area contributed by atoms with Gasteiger partial charge in [-0.3, -0.25) is 0 Å². The van der Waals surface area contributed by atoms with E-state index >= 15 is 0 Å². The van der Waals surface area contributed by atoms with Crippen LogP contribution < -0.4 is 0 Å². The Morgan fingerprint density at radius 1 is 1.43 bits per heavy atom. The van der Waals surface area contributed by atoms with E-state index in [4.69, 9.17) is 11.6 Å². The molecule has 1 aliphatic carbocycles. The molecule has 0 radical (unpaired) electrons.